The Balaban J connectivity index is 1.76. The van der Waals surface area contributed by atoms with E-state index < -0.39 is 0 Å². The molecule has 1 N–H and O–H groups in total. The first-order valence-corrected chi connectivity index (χ1v) is 8.59. The minimum Gasteiger partial charge on any atom is -0.308 e. The number of hydrogen-bond acceptors (Lipinski definition) is 3. The third-order valence-electron chi connectivity index (χ3n) is 4.36. The molecule has 2 aromatic rings. The number of aryl methyl sites for hydroxylation is 1. The van der Waals surface area contributed by atoms with Gasteiger partial charge in [0.1, 0.15) is 11.4 Å². The van der Waals surface area contributed by atoms with Crippen molar-refractivity contribution in [1.82, 2.24) is 20.3 Å². The van der Waals surface area contributed by atoms with Crippen molar-refractivity contribution in [1.29, 1.82) is 0 Å². The number of nitrogens with one attached hydrogen (secondary N) is 1. The molecule has 0 amide bonds. The van der Waals surface area contributed by atoms with Crippen LogP contribution in [0.5, 0.6) is 0 Å². The maximum Gasteiger partial charge on any atom is 0.117 e. The van der Waals surface area contributed by atoms with Crippen molar-refractivity contribution in [2.45, 2.75) is 64.6 Å². The highest BCUT2D eigenvalue weighted by Gasteiger charge is 2.16. The molecule has 0 atom stereocenters. The summed E-state index contributed by atoms with van der Waals surface area (Å²) in [7, 11) is 0. The zero-order valence-corrected chi connectivity index (χ0v) is 13.5. The van der Waals surface area contributed by atoms with E-state index in [2.05, 4.69) is 36.5 Å². The lowest BCUT2D eigenvalue weighted by atomic mass is 9.95. The predicted octanol–water partition coefficient (Wildman–Crippen LogP) is 3.78. The van der Waals surface area contributed by atoms with Gasteiger partial charge in [0.05, 0.1) is 6.54 Å². The van der Waals surface area contributed by atoms with Gasteiger partial charge in [0.15, 0.2) is 0 Å². The van der Waals surface area contributed by atoms with Gasteiger partial charge in [-0.25, -0.2) is 0 Å². The lowest BCUT2D eigenvalue weighted by Crippen LogP contribution is -2.30. The van der Waals surface area contributed by atoms with Crippen molar-refractivity contribution in [3.63, 3.8) is 0 Å². The van der Waals surface area contributed by atoms with Crippen molar-refractivity contribution in [3.05, 3.63) is 36.0 Å². The van der Waals surface area contributed by atoms with Crippen LogP contribution in [0.2, 0.25) is 0 Å². The van der Waals surface area contributed by atoms with Gasteiger partial charge in [0, 0.05) is 18.2 Å². The monoisotopic (exact) mass is 298 g/mol. The van der Waals surface area contributed by atoms with E-state index in [4.69, 9.17) is 10.2 Å². The third kappa shape index (κ3) is 3.74. The van der Waals surface area contributed by atoms with Crippen molar-refractivity contribution < 1.29 is 0 Å². The molecule has 0 spiro atoms. The molecule has 1 saturated carbocycles. The third-order valence-corrected chi connectivity index (χ3v) is 4.36. The van der Waals surface area contributed by atoms with E-state index in [1.54, 1.807) is 0 Å². The largest absolute Gasteiger partial charge is 0.308 e. The number of benzene rings is 1. The van der Waals surface area contributed by atoms with E-state index in [0.717, 1.165) is 36.5 Å². The summed E-state index contributed by atoms with van der Waals surface area (Å²) in [6.07, 6.45) is 7.74. The summed E-state index contributed by atoms with van der Waals surface area (Å²) in [5.74, 6) is 0. The zero-order valence-electron chi connectivity index (χ0n) is 13.5. The number of hydrogen-bond donors (Lipinski definition) is 1. The van der Waals surface area contributed by atoms with Gasteiger partial charge in [-0.15, -0.1) is 0 Å². The predicted molar refractivity (Wildman–Crippen MR) is 89.5 cm³/mol. The highest BCUT2D eigenvalue weighted by atomic mass is 15.5. The Morgan fingerprint density at radius 1 is 1.09 bits per heavy atom. The fraction of sp³-hybridized carbons (Fsp3) is 0.556. The molecule has 3 rings (SSSR count). The molecule has 4 nitrogen and oxygen atoms in total. The van der Waals surface area contributed by atoms with Crippen LogP contribution in [0.4, 0.5) is 0 Å². The highest BCUT2D eigenvalue weighted by molar-refractivity contribution is 5.60. The van der Waals surface area contributed by atoms with Crippen LogP contribution >= 0.6 is 0 Å². The van der Waals surface area contributed by atoms with Gasteiger partial charge >= 0.3 is 0 Å². The summed E-state index contributed by atoms with van der Waals surface area (Å²) in [6.45, 7) is 3.85. The first kappa shape index (κ1) is 15.2. The SMILES string of the molecule is CCCn1nc(CNC2CCCCC2)c(-c2ccccc2)n1. The maximum absolute atomic E-state index is 4.70. The van der Waals surface area contributed by atoms with Crippen molar-refractivity contribution in [3.8, 4) is 11.3 Å². The number of nitrogens with zero attached hydrogens (tertiary/aromatic N) is 3. The second-order valence-electron chi connectivity index (χ2n) is 6.17. The van der Waals surface area contributed by atoms with Crippen molar-refractivity contribution in [2.24, 2.45) is 0 Å². The molecule has 22 heavy (non-hydrogen) atoms. The molecule has 1 aliphatic rings. The summed E-state index contributed by atoms with van der Waals surface area (Å²) >= 11 is 0. The second-order valence-corrected chi connectivity index (χ2v) is 6.17. The summed E-state index contributed by atoms with van der Waals surface area (Å²) < 4.78 is 0. The van der Waals surface area contributed by atoms with Crippen molar-refractivity contribution >= 4 is 0 Å². The van der Waals surface area contributed by atoms with E-state index in [1.165, 1.54) is 32.1 Å². The van der Waals surface area contributed by atoms with E-state index in [1.807, 2.05) is 10.9 Å². The molecular formula is C18H26N4. The first-order valence-electron chi connectivity index (χ1n) is 8.59. The van der Waals surface area contributed by atoms with Gasteiger partial charge in [-0.05, 0) is 19.3 Å². The molecule has 1 aliphatic carbocycles. The molecule has 0 saturated heterocycles. The highest BCUT2D eigenvalue weighted by Crippen LogP contribution is 2.22. The number of rotatable bonds is 6. The lowest BCUT2D eigenvalue weighted by molar-refractivity contribution is 0.370. The summed E-state index contributed by atoms with van der Waals surface area (Å²) in [5.41, 5.74) is 3.26. The van der Waals surface area contributed by atoms with E-state index >= 15 is 0 Å². The summed E-state index contributed by atoms with van der Waals surface area (Å²) in [5, 5.41) is 13.1. The van der Waals surface area contributed by atoms with E-state index in [0.29, 0.717) is 6.04 Å². The molecule has 1 fully saturated rings. The topological polar surface area (TPSA) is 42.7 Å². The average molecular weight is 298 g/mol. The summed E-state index contributed by atoms with van der Waals surface area (Å²) in [6, 6.07) is 11.0. The Morgan fingerprint density at radius 2 is 1.86 bits per heavy atom. The molecule has 0 bridgehead atoms. The fourth-order valence-corrected chi connectivity index (χ4v) is 3.17. The molecule has 1 aromatic carbocycles. The van der Waals surface area contributed by atoms with Crippen molar-refractivity contribution in [2.75, 3.05) is 0 Å². The van der Waals surface area contributed by atoms with Crippen LogP contribution in [0.15, 0.2) is 30.3 Å². The van der Waals surface area contributed by atoms with Gasteiger partial charge < -0.3 is 5.32 Å². The molecular weight excluding hydrogens is 272 g/mol. The van der Waals surface area contributed by atoms with Crippen LogP contribution in [0.3, 0.4) is 0 Å². The van der Waals surface area contributed by atoms with Gasteiger partial charge in [0.2, 0.25) is 0 Å². The maximum atomic E-state index is 4.70. The standard InChI is InChI=1S/C18H26N4/c1-2-13-22-20-17(14-19-16-11-7-4-8-12-16)18(21-22)15-9-5-3-6-10-15/h3,5-6,9-10,16,19H,2,4,7-8,11-14H2,1H3. The minimum absolute atomic E-state index is 0.647. The molecule has 0 unspecified atom stereocenters. The van der Waals surface area contributed by atoms with Crippen LogP contribution in [-0.4, -0.2) is 21.0 Å². The Hall–Kier alpha value is -1.68. The smallest absolute Gasteiger partial charge is 0.117 e. The fourth-order valence-electron chi connectivity index (χ4n) is 3.17. The molecule has 0 radical (unpaired) electrons. The van der Waals surface area contributed by atoms with Crippen LogP contribution in [-0.2, 0) is 13.1 Å². The van der Waals surface area contributed by atoms with Crippen LogP contribution < -0.4 is 5.32 Å². The Kier molecular flexibility index (Phi) is 5.22. The van der Waals surface area contributed by atoms with Gasteiger partial charge in [0.25, 0.3) is 0 Å². The molecule has 1 aromatic heterocycles. The first-order chi connectivity index (χ1) is 10.9. The van der Waals surface area contributed by atoms with Crippen LogP contribution in [0.1, 0.15) is 51.1 Å². The molecule has 118 valence electrons. The Bertz CT molecular complexity index is 570. The normalized spacial score (nSPS) is 16.0. The van der Waals surface area contributed by atoms with Crippen LogP contribution in [0, 0.1) is 0 Å². The van der Waals surface area contributed by atoms with Crippen LogP contribution in [0.25, 0.3) is 11.3 Å². The zero-order chi connectivity index (χ0) is 15.2. The van der Waals surface area contributed by atoms with Gasteiger partial charge in [-0.3, -0.25) is 0 Å². The van der Waals surface area contributed by atoms with Gasteiger partial charge in [-0.1, -0.05) is 56.5 Å². The van der Waals surface area contributed by atoms with E-state index in [-0.39, 0.29) is 0 Å². The second kappa shape index (κ2) is 7.54. The van der Waals surface area contributed by atoms with E-state index in [9.17, 15) is 0 Å². The molecule has 1 heterocycles. The lowest BCUT2D eigenvalue weighted by Gasteiger charge is -2.22. The minimum atomic E-state index is 0.647. The van der Waals surface area contributed by atoms with Gasteiger partial charge in [-0.2, -0.15) is 15.0 Å². The Morgan fingerprint density at radius 3 is 2.59 bits per heavy atom. The Labute approximate surface area is 132 Å². The molecule has 0 aliphatic heterocycles. The number of aromatic nitrogens is 3. The quantitative estimate of drug-likeness (QED) is 0.882. The summed E-state index contributed by atoms with van der Waals surface area (Å²) in [4.78, 5) is 1.85. The average Bonchev–Trinajstić information content (AvgIpc) is 2.98. The molecule has 4 heteroatoms.